The highest BCUT2D eigenvalue weighted by atomic mass is 19.1. The monoisotopic (exact) mass is 308 g/mol. The smallest absolute Gasteiger partial charge is 0.253 e. The zero-order valence-electron chi connectivity index (χ0n) is 12.7. The maximum absolute atomic E-state index is 13.6. The first kappa shape index (κ1) is 16.1. The second-order valence-corrected chi connectivity index (χ2v) is 5.86. The van der Waals surface area contributed by atoms with Gasteiger partial charge in [-0.05, 0) is 26.3 Å². The summed E-state index contributed by atoms with van der Waals surface area (Å²) >= 11 is 0. The van der Waals surface area contributed by atoms with Crippen molar-refractivity contribution < 1.29 is 8.78 Å². The molecule has 2 rings (SSSR count). The standard InChI is InChI=1S/C16H18F2N2O2/c1-4-16(2,3)20-13-12(14(21)15(13)22)19-8-9-5-6-10(17)7-11(9)18/h5-7,19-20H,4,8H2,1-3H3. The molecule has 2 aromatic carbocycles. The van der Waals surface area contributed by atoms with Crippen molar-refractivity contribution in [3.05, 3.63) is 55.8 Å². The normalized spacial score (nSPS) is 11.7. The van der Waals surface area contributed by atoms with E-state index < -0.39 is 22.5 Å². The van der Waals surface area contributed by atoms with E-state index in [0.717, 1.165) is 18.6 Å². The number of nitrogens with one attached hydrogen (secondary N) is 2. The molecule has 118 valence electrons. The molecule has 0 aromatic heterocycles. The number of hydrogen-bond acceptors (Lipinski definition) is 4. The van der Waals surface area contributed by atoms with E-state index in [1.807, 2.05) is 20.8 Å². The van der Waals surface area contributed by atoms with Gasteiger partial charge in [0, 0.05) is 23.7 Å². The van der Waals surface area contributed by atoms with Crippen LogP contribution in [0.1, 0.15) is 32.8 Å². The Bertz CT molecular complexity index is 762. The van der Waals surface area contributed by atoms with Gasteiger partial charge in [-0.3, -0.25) is 9.59 Å². The summed E-state index contributed by atoms with van der Waals surface area (Å²) < 4.78 is 26.4. The number of benzene rings is 1. The van der Waals surface area contributed by atoms with Crippen LogP contribution in [0.25, 0.3) is 0 Å². The van der Waals surface area contributed by atoms with Gasteiger partial charge in [-0.1, -0.05) is 13.0 Å². The zero-order valence-corrected chi connectivity index (χ0v) is 12.7. The third kappa shape index (κ3) is 3.16. The van der Waals surface area contributed by atoms with Crippen molar-refractivity contribution in [2.75, 3.05) is 10.6 Å². The third-order valence-corrected chi connectivity index (χ3v) is 3.73. The van der Waals surface area contributed by atoms with E-state index in [9.17, 15) is 18.4 Å². The molecule has 0 unspecified atom stereocenters. The third-order valence-electron chi connectivity index (χ3n) is 3.73. The molecule has 0 aliphatic heterocycles. The van der Waals surface area contributed by atoms with E-state index >= 15 is 0 Å². The molecular formula is C16H18F2N2O2. The molecule has 0 spiro atoms. The largest absolute Gasteiger partial charge is 0.376 e. The summed E-state index contributed by atoms with van der Waals surface area (Å²) in [6.07, 6.45) is 0.762. The summed E-state index contributed by atoms with van der Waals surface area (Å²) in [5.74, 6) is -1.36. The quantitative estimate of drug-likeness (QED) is 0.806. The number of rotatable bonds is 6. The Kier molecular flexibility index (Phi) is 4.30. The van der Waals surface area contributed by atoms with E-state index in [1.54, 1.807) is 0 Å². The summed E-state index contributed by atoms with van der Waals surface area (Å²) in [7, 11) is 0. The number of halogens is 2. The lowest BCUT2D eigenvalue weighted by Gasteiger charge is -2.27. The second-order valence-electron chi connectivity index (χ2n) is 5.86. The lowest BCUT2D eigenvalue weighted by molar-refractivity contribution is 0.546. The van der Waals surface area contributed by atoms with Gasteiger partial charge in [0.05, 0.1) is 0 Å². The van der Waals surface area contributed by atoms with Crippen molar-refractivity contribution in [1.82, 2.24) is 0 Å². The van der Waals surface area contributed by atoms with Crippen LogP contribution in [0.3, 0.4) is 0 Å². The Morgan fingerprint density at radius 1 is 1.09 bits per heavy atom. The molecule has 0 aliphatic rings. The van der Waals surface area contributed by atoms with E-state index in [1.165, 1.54) is 6.07 Å². The maximum atomic E-state index is 13.6. The minimum atomic E-state index is -0.699. The molecule has 0 bridgehead atoms. The van der Waals surface area contributed by atoms with E-state index in [4.69, 9.17) is 0 Å². The fourth-order valence-corrected chi connectivity index (χ4v) is 1.95. The summed E-state index contributed by atoms with van der Waals surface area (Å²) in [4.78, 5) is 23.3. The fourth-order valence-electron chi connectivity index (χ4n) is 1.95. The Labute approximate surface area is 126 Å². The highest BCUT2D eigenvalue weighted by molar-refractivity contribution is 5.74. The van der Waals surface area contributed by atoms with Crippen LogP contribution >= 0.6 is 0 Å². The Balaban J connectivity index is 2.16. The van der Waals surface area contributed by atoms with Gasteiger partial charge in [0.15, 0.2) is 0 Å². The fraction of sp³-hybridized carbons (Fsp3) is 0.375. The minimum Gasteiger partial charge on any atom is -0.376 e. The molecule has 0 amide bonds. The van der Waals surface area contributed by atoms with E-state index in [2.05, 4.69) is 10.6 Å². The van der Waals surface area contributed by atoms with Crippen molar-refractivity contribution in [2.45, 2.75) is 39.3 Å². The predicted octanol–water partition coefficient (Wildman–Crippen LogP) is 2.77. The van der Waals surface area contributed by atoms with Crippen molar-refractivity contribution in [1.29, 1.82) is 0 Å². The first-order valence-corrected chi connectivity index (χ1v) is 7.04. The molecule has 22 heavy (non-hydrogen) atoms. The molecule has 0 atom stereocenters. The van der Waals surface area contributed by atoms with Crippen molar-refractivity contribution in [3.63, 3.8) is 0 Å². The van der Waals surface area contributed by atoms with Crippen molar-refractivity contribution in [2.24, 2.45) is 0 Å². The highest BCUT2D eigenvalue weighted by Gasteiger charge is 2.25. The van der Waals surface area contributed by atoms with Crippen LogP contribution in [0, 0.1) is 11.6 Å². The average molecular weight is 308 g/mol. The van der Waals surface area contributed by atoms with Gasteiger partial charge >= 0.3 is 0 Å². The molecule has 6 heteroatoms. The van der Waals surface area contributed by atoms with Crippen molar-refractivity contribution >= 4 is 11.4 Å². The molecule has 2 aromatic rings. The minimum absolute atomic E-state index is 0.00179. The van der Waals surface area contributed by atoms with Crippen LogP contribution in [-0.2, 0) is 6.54 Å². The van der Waals surface area contributed by atoms with Crippen LogP contribution in [0.4, 0.5) is 20.2 Å². The summed E-state index contributed by atoms with van der Waals surface area (Å²) in [6, 6.07) is 3.21. The zero-order chi connectivity index (χ0) is 16.5. The molecule has 0 heterocycles. The van der Waals surface area contributed by atoms with Crippen LogP contribution in [0.15, 0.2) is 27.8 Å². The Morgan fingerprint density at radius 3 is 2.32 bits per heavy atom. The molecule has 4 nitrogen and oxygen atoms in total. The average Bonchev–Trinajstić information content (AvgIpc) is 2.47. The van der Waals surface area contributed by atoms with Crippen LogP contribution < -0.4 is 21.5 Å². The van der Waals surface area contributed by atoms with Crippen LogP contribution in [0.2, 0.25) is 0 Å². The maximum Gasteiger partial charge on any atom is 0.253 e. The lowest BCUT2D eigenvalue weighted by atomic mass is 10.00. The first-order valence-electron chi connectivity index (χ1n) is 7.04. The summed E-state index contributed by atoms with van der Waals surface area (Å²) in [5.41, 5.74) is -0.954. The van der Waals surface area contributed by atoms with E-state index in [-0.39, 0.29) is 29.0 Å². The van der Waals surface area contributed by atoms with Crippen LogP contribution in [-0.4, -0.2) is 5.54 Å². The molecule has 0 saturated carbocycles. The van der Waals surface area contributed by atoms with Gasteiger partial charge in [-0.2, -0.15) is 0 Å². The number of anilines is 2. The second kappa shape index (κ2) is 5.87. The van der Waals surface area contributed by atoms with Gasteiger partial charge in [0.1, 0.15) is 23.0 Å². The SMILES string of the molecule is CCC(C)(C)Nc1c(NCc2ccc(F)cc2F)c(=O)c1=O. The van der Waals surface area contributed by atoms with Gasteiger partial charge in [0.25, 0.3) is 10.9 Å². The molecule has 0 saturated heterocycles. The van der Waals surface area contributed by atoms with E-state index in [0.29, 0.717) is 0 Å². The lowest BCUT2D eigenvalue weighted by Crippen LogP contribution is -2.42. The molecule has 0 aliphatic carbocycles. The van der Waals surface area contributed by atoms with Gasteiger partial charge < -0.3 is 10.6 Å². The summed E-state index contributed by atoms with van der Waals surface area (Å²) in [5, 5.41) is 5.78. The highest BCUT2D eigenvalue weighted by Crippen LogP contribution is 2.22. The Morgan fingerprint density at radius 2 is 1.73 bits per heavy atom. The van der Waals surface area contributed by atoms with Gasteiger partial charge in [-0.15, -0.1) is 0 Å². The predicted molar refractivity (Wildman–Crippen MR) is 83.0 cm³/mol. The first-order chi connectivity index (χ1) is 10.2. The summed E-state index contributed by atoms with van der Waals surface area (Å²) in [6.45, 7) is 5.78. The number of hydrogen-bond donors (Lipinski definition) is 2. The topological polar surface area (TPSA) is 58.2 Å². The molecule has 2 N–H and O–H groups in total. The molecule has 0 fully saturated rings. The van der Waals surface area contributed by atoms with Gasteiger partial charge in [0.2, 0.25) is 0 Å². The van der Waals surface area contributed by atoms with Crippen molar-refractivity contribution in [3.8, 4) is 0 Å². The Hall–Kier alpha value is -2.24. The molecular weight excluding hydrogens is 290 g/mol. The molecule has 0 radical (unpaired) electrons. The van der Waals surface area contributed by atoms with Gasteiger partial charge in [-0.25, -0.2) is 8.78 Å². The van der Waals surface area contributed by atoms with Crippen LogP contribution in [0.5, 0.6) is 0 Å².